The molecule has 2 aromatic rings. The molecule has 2 N–H and O–H groups in total. The number of esters is 2. The molecule has 0 amide bonds. The van der Waals surface area contributed by atoms with Gasteiger partial charge >= 0.3 is 17.9 Å². The van der Waals surface area contributed by atoms with E-state index in [0.29, 0.717) is 0 Å². The van der Waals surface area contributed by atoms with Crippen molar-refractivity contribution < 1.29 is 38.9 Å². The van der Waals surface area contributed by atoms with Gasteiger partial charge < -0.3 is 19.7 Å². The minimum absolute atomic E-state index is 0.0108. The number of para-hydroxylation sites is 2. The second-order valence-corrected chi connectivity index (χ2v) is 6.88. The monoisotopic (exact) mass is 459 g/mol. The average Bonchev–Trinajstić information content (AvgIpc) is 2.74. The number of rotatable bonds is 8. The Balaban J connectivity index is 0.000000361. The van der Waals surface area contributed by atoms with Crippen LogP contribution in [0.15, 0.2) is 42.5 Å². The lowest BCUT2D eigenvalue weighted by molar-refractivity contribution is -0.131. The molecule has 1 unspecified atom stereocenters. The van der Waals surface area contributed by atoms with Crippen LogP contribution in [-0.2, 0) is 9.53 Å². The van der Waals surface area contributed by atoms with Gasteiger partial charge in [-0.15, -0.1) is 0 Å². The zero-order valence-electron chi connectivity index (χ0n) is 19.3. The number of carbonyl (C=O) groups excluding carboxylic acids is 3. The van der Waals surface area contributed by atoms with E-state index in [2.05, 4.69) is 4.74 Å². The summed E-state index contributed by atoms with van der Waals surface area (Å²) in [5.41, 5.74) is 0.115. The number of hydrogen-bond acceptors (Lipinski definition) is 8. The largest absolute Gasteiger partial charge is 0.506 e. The van der Waals surface area contributed by atoms with Crippen LogP contribution in [0.25, 0.3) is 0 Å². The fraction of sp³-hybridized carbons (Fsp3) is 0.333. The maximum Gasteiger partial charge on any atom is 0.343 e. The Morgan fingerprint density at radius 2 is 1.45 bits per heavy atom. The number of ether oxygens (including phenoxy) is 2. The van der Waals surface area contributed by atoms with Crippen LogP contribution in [-0.4, -0.2) is 58.1 Å². The molecule has 0 heterocycles. The highest BCUT2D eigenvalue weighted by Gasteiger charge is 2.21. The van der Waals surface area contributed by atoms with E-state index in [-0.39, 0.29) is 34.0 Å². The Hall–Kier alpha value is -3.72. The molecule has 0 aromatic heterocycles. The smallest absolute Gasteiger partial charge is 0.343 e. The quantitative estimate of drug-likeness (QED) is 0.262. The fourth-order valence-electron chi connectivity index (χ4n) is 2.91. The molecule has 0 aliphatic rings. The zero-order chi connectivity index (χ0) is 25.1. The third-order valence-electron chi connectivity index (χ3n) is 4.61. The number of phenolic OH excluding ortho intramolecular Hbond substituents is 1. The normalized spacial score (nSPS) is 11.1. The molecular weight excluding hydrogens is 430 g/mol. The van der Waals surface area contributed by atoms with Gasteiger partial charge in [-0.2, -0.15) is 0 Å². The summed E-state index contributed by atoms with van der Waals surface area (Å²) < 4.78 is 10.00. The molecule has 0 spiro atoms. The van der Waals surface area contributed by atoms with E-state index in [1.54, 1.807) is 25.1 Å². The van der Waals surface area contributed by atoms with Crippen molar-refractivity contribution in [3.63, 3.8) is 0 Å². The second-order valence-electron chi connectivity index (χ2n) is 6.88. The average molecular weight is 459 g/mol. The Bertz CT molecular complexity index is 998. The second kappa shape index (κ2) is 13.0. The Labute approximate surface area is 192 Å². The molecule has 0 bridgehead atoms. The summed E-state index contributed by atoms with van der Waals surface area (Å²) in [7, 11) is 0. The van der Waals surface area contributed by atoms with Gasteiger partial charge in [0.2, 0.25) is 0 Å². The SMILES string of the molecule is CC(=O)Oc1ccccc1C(=O)O.CCN(CC)C(C)OC(=O)c1cccc(C(C)=O)c1O. The van der Waals surface area contributed by atoms with E-state index in [4.69, 9.17) is 9.84 Å². The number of ketones is 1. The van der Waals surface area contributed by atoms with Gasteiger partial charge in [0.25, 0.3) is 0 Å². The van der Waals surface area contributed by atoms with E-state index in [0.717, 1.165) is 13.1 Å². The van der Waals surface area contributed by atoms with Gasteiger partial charge in [0, 0.05) is 6.92 Å². The van der Waals surface area contributed by atoms with E-state index in [9.17, 15) is 24.3 Å². The number of Topliss-reactive ketones (excluding diaryl/α,β-unsaturated/α-hetero) is 1. The topological polar surface area (TPSA) is 130 Å². The van der Waals surface area contributed by atoms with Crippen molar-refractivity contribution >= 4 is 23.7 Å². The summed E-state index contributed by atoms with van der Waals surface area (Å²) in [6.07, 6.45) is -0.391. The molecule has 0 aliphatic carbocycles. The van der Waals surface area contributed by atoms with Gasteiger partial charge in [-0.1, -0.05) is 32.0 Å². The number of benzene rings is 2. The van der Waals surface area contributed by atoms with Crippen LogP contribution in [0, 0.1) is 0 Å². The van der Waals surface area contributed by atoms with Crippen LogP contribution in [0.1, 0.15) is 65.7 Å². The van der Waals surface area contributed by atoms with E-state index in [1.807, 2.05) is 18.7 Å². The first-order valence-electron chi connectivity index (χ1n) is 10.3. The van der Waals surface area contributed by atoms with Crippen molar-refractivity contribution in [3.8, 4) is 11.5 Å². The predicted octanol–water partition coefficient (Wildman–Crippen LogP) is 3.75. The Morgan fingerprint density at radius 3 is 1.97 bits per heavy atom. The van der Waals surface area contributed by atoms with Crippen LogP contribution < -0.4 is 4.74 Å². The van der Waals surface area contributed by atoms with Gasteiger partial charge in [-0.3, -0.25) is 14.5 Å². The molecule has 9 heteroatoms. The number of carbonyl (C=O) groups is 4. The first-order valence-corrected chi connectivity index (χ1v) is 10.3. The number of nitrogens with zero attached hydrogens (tertiary/aromatic N) is 1. The standard InChI is InChI=1S/C15H21NO4.C9H8O4/c1-5-16(6-2)11(4)20-15(19)13-9-7-8-12(10(3)17)14(13)18;1-6(10)13-8-5-3-2-4-7(8)9(11)12/h7-9,11,18H,5-6H2,1-4H3;2-5H,1H3,(H,11,12). The van der Waals surface area contributed by atoms with E-state index >= 15 is 0 Å². The molecule has 9 nitrogen and oxygen atoms in total. The Kier molecular flexibility index (Phi) is 10.7. The summed E-state index contributed by atoms with van der Waals surface area (Å²) in [6, 6.07) is 10.4. The van der Waals surface area contributed by atoms with Crippen LogP contribution >= 0.6 is 0 Å². The molecule has 178 valence electrons. The number of carboxylic acids is 1. The van der Waals surface area contributed by atoms with Crippen LogP contribution in [0.5, 0.6) is 11.5 Å². The summed E-state index contributed by atoms with van der Waals surface area (Å²) in [5.74, 6) is -2.83. The molecule has 0 fully saturated rings. The van der Waals surface area contributed by atoms with Gasteiger partial charge in [-0.25, -0.2) is 9.59 Å². The summed E-state index contributed by atoms with van der Waals surface area (Å²) in [6.45, 7) is 9.79. The maximum absolute atomic E-state index is 12.1. The number of aromatic carboxylic acids is 1. The van der Waals surface area contributed by atoms with Crippen molar-refractivity contribution in [2.75, 3.05) is 13.1 Å². The fourth-order valence-corrected chi connectivity index (χ4v) is 2.91. The van der Waals surface area contributed by atoms with Gasteiger partial charge in [0.05, 0.1) is 5.56 Å². The highest BCUT2D eigenvalue weighted by Crippen LogP contribution is 2.24. The maximum atomic E-state index is 12.1. The van der Waals surface area contributed by atoms with Crippen molar-refractivity contribution in [3.05, 3.63) is 59.2 Å². The summed E-state index contributed by atoms with van der Waals surface area (Å²) in [4.78, 5) is 46.6. The predicted molar refractivity (Wildman–Crippen MR) is 121 cm³/mol. The highest BCUT2D eigenvalue weighted by atomic mass is 16.6. The van der Waals surface area contributed by atoms with Gasteiger partial charge in [0.15, 0.2) is 12.0 Å². The van der Waals surface area contributed by atoms with Crippen molar-refractivity contribution in [2.45, 2.75) is 40.8 Å². The Morgan fingerprint density at radius 1 is 0.909 bits per heavy atom. The minimum atomic E-state index is -1.11. The highest BCUT2D eigenvalue weighted by molar-refractivity contribution is 6.02. The van der Waals surface area contributed by atoms with Crippen molar-refractivity contribution in [1.82, 2.24) is 4.90 Å². The van der Waals surface area contributed by atoms with E-state index < -0.39 is 24.1 Å². The molecule has 1 atom stereocenters. The molecule has 0 radical (unpaired) electrons. The molecule has 0 aliphatic heterocycles. The lowest BCUT2D eigenvalue weighted by Crippen LogP contribution is -2.36. The number of aromatic hydroxyl groups is 1. The number of phenols is 1. The van der Waals surface area contributed by atoms with Crippen LogP contribution in [0.2, 0.25) is 0 Å². The molecule has 2 rings (SSSR count). The molecule has 0 saturated heterocycles. The molecule has 33 heavy (non-hydrogen) atoms. The lowest BCUT2D eigenvalue weighted by Gasteiger charge is -2.26. The third-order valence-corrected chi connectivity index (χ3v) is 4.61. The van der Waals surface area contributed by atoms with Crippen molar-refractivity contribution in [1.29, 1.82) is 0 Å². The van der Waals surface area contributed by atoms with Gasteiger partial charge in [-0.05, 0) is 51.2 Å². The first kappa shape index (κ1) is 27.3. The molecule has 2 aromatic carbocycles. The minimum Gasteiger partial charge on any atom is -0.506 e. The summed E-state index contributed by atoms with van der Waals surface area (Å²) in [5, 5.41) is 18.6. The summed E-state index contributed by atoms with van der Waals surface area (Å²) >= 11 is 0. The van der Waals surface area contributed by atoms with Gasteiger partial charge in [0.1, 0.15) is 22.6 Å². The van der Waals surface area contributed by atoms with Crippen molar-refractivity contribution in [2.24, 2.45) is 0 Å². The zero-order valence-corrected chi connectivity index (χ0v) is 19.3. The molecule has 0 saturated carbocycles. The third kappa shape index (κ3) is 8.04. The van der Waals surface area contributed by atoms with E-state index in [1.165, 1.54) is 38.1 Å². The van der Waals surface area contributed by atoms with Crippen LogP contribution in [0.4, 0.5) is 0 Å². The number of hydrogen-bond donors (Lipinski definition) is 2. The number of carboxylic acid groups (broad SMARTS) is 1. The molecular formula is C24H29NO8. The first-order chi connectivity index (χ1) is 15.5. The van der Waals surface area contributed by atoms with Crippen LogP contribution in [0.3, 0.4) is 0 Å². The lowest BCUT2D eigenvalue weighted by atomic mass is 10.1.